The topological polar surface area (TPSA) is 43.1 Å². The minimum absolute atomic E-state index is 0.0255. The molecule has 0 aliphatic heterocycles. The molecule has 0 saturated carbocycles. The van der Waals surface area contributed by atoms with Gasteiger partial charge in [0.2, 0.25) is 0 Å². The van der Waals surface area contributed by atoms with Gasteiger partial charge in [-0.25, -0.2) is 0 Å². The molecule has 0 radical (unpaired) electrons. The fraction of sp³-hybridized carbons (Fsp3) is 0.143. The molecule has 0 bridgehead atoms. The van der Waals surface area contributed by atoms with E-state index in [0.717, 1.165) is 12.1 Å². The van der Waals surface area contributed by atoms with Crippen LogP contribution in [-0.4, -0.2) is 4.92 Å². The van der Waals surface area contributed by atoms with E-state index in [9.17, 15) is 23.3 Å². The molecule has 0 N–H and O–H groups in total. The average Bonchev–Trinajstić information content (AvgIpc) is 2.01. The van der Waals surface area contributed by atoms with Crippen LogP contribution in [0.15, 0.2) is 18.2 Å². The van der Waals surface area contributed by atoms with Crippen molar-refractivity contribution < 1.29 is 18.1 Å². The lowest BCUT2D eigenvalue weighted by Crippen LogP contribution is -2.05. The number of hydrogen-bond acceptors (Lipinski definition) is 2. The summed E-state index contributed by atoms with van der Waals surface area (Å²) in [6.45, 7) is 0. The van der Waals surface area contributed by atoms with Crippen LogP contribution in [-0.2, 0) is 6.18 Å². The summed E-state index contributed by atoms with van der Waals surface area (Å²) in [6.07, 6.45) is -4.46. The summed E-state index contributed by atoms with van der Waals surface area (Å²) in [5.41, 5.74) is -1.20. The van der Waals surface area contributed by atoms with Crippen molar-refractivity contribution in [2.45, 2.75) is 6.18 Å². The van der Waals surface area contributed by atoms with Gasteiger partial charge in [0.25, 0.3) is 5.69 Å². The van der Waals surface area contributed by atoms with E-state index in [2.05, 4.69) is 0 Å². The van der Waals surface area contributed by atoms with Gasteiger partial charge in [-0.3, -0.25) is 10.1 Å². The molecule has 0 amide bonds. The van der Waals surface area contributed by atoms with Gasteiger partial charge in [-0.15, -0.1) is 0 Å². The number of nitrogens with zero attached hydrogens (tertiary/aromatic N) is 1. The van der Waals surface area contributed by atoms with E-state index in [1.54, 1.807) is 0 Å². The van der Waals surface area contributed by atoms with Gasteiger partial charge in [0.1, 0.15) is 0 Å². The number of rotatable bonds is 1. The molecule has 0 fully saturated rings. The largest absolute Gasteiger partial charge is 0.416 e. The normalized spacial score (nSPS) is 11.4. The van der Waals surface area contributed by atoms with Crippen molar-refractivity contribution >= 4 is 28.3 Å². The van der Waals surface area contributed by atoms with E-state index >= 15 is 0 Å². The van der Waals surface area contributed by atoms with Crippen LogP contribution < -0.4 is 0 Å². The maximum absolute atomic E-state index is 12.1. The lowest BCUT2D eigenvalue weighted by molar-refractivity contribution is -0.385. The number of benzene rings is 1. The van der Waals surface area contributed by atoms with Gasteiger partial charge in [-0.1, -0.05) is 0 Å². The molecule has 1 rings (SSSR count). The summed E-state index contributed by atoms with van der Waals surface area (Å²) < 4.78 is 36.4. The molecule has 0 atom stereocenters. The Bertz CT molecular complexity index is 378. The Kier molecular flexibility index (Phi) is 2.98. The lowest BCUT2D eigenvalue weighted by Gasteiger charge is -2.06. The van der Waals surface area contributed by atoms with E-state index in [1.807, 2.05) is 0 Å². The van der Waals surface area contributed by atoms with Crippen molar-refractivity contribution in [3.05, 3.63) is 37.4 Å². The molecule has 0 aliphatic carbocycles. The number of nitro groups is 1. The Hall–Kier alpha value is -0.860. The van der Waals surface area contributed by atoms with Crippen LogP contribution in [0.2, 0.25) is 0 Å². The Morgan fingerprint density at radius 1 is 1.36 bits per heavy atom. The fourth-order valence-corrected chi connectivity index (χ4v) is 1.54. The smallest absolute Gasteiger partial charge is 0.258 e. The molecule has 0 heterocycles. The minimum atomic E-state index is -4.46. The third-order valence-electron chi connectivity index (χ3n) is 1.47. The summed E-state index contributed by atoms with van der Waals surface area (Å²) >= 11 is 1.50. The van der Waals surface area contributed by atoms with Gasteiger partial charge >= 0.3 is 6.18 Å². The molecule has 0 saturated heterocycles. The molecule has 7 heteroatoms. The van der Waals surface area contributed by atoms with Crippen molar-refractivity contribution in [2.75, 3.05) is 0 Å². The average molecular weight is 317 g/mol. The summed E-state index contributed by atoms with van der Waals surface area (Å²) in [6, 6.07) is 2.30. The summed E-state index contributed by atoms with van der Waals surface area (Å²) in [4.78, 5) is 9.58. The zero-order valence-electron chi connectivity index (χ0n) is 6.51. The maximum atomic E-state index is 12.1. The molecule has 0 spiro atoms. The zero-order chi connectivity index (χ0) is 10.9. The van der Waals surface area contributed by atoms with Gasteiger partial charge in [-0.2, -0.15) is 13.2 Å². The van der Waals surface area contributed by atoms with Crippen LogP contribution in [0.4, 0.5) is 18.9 Å². The highest BCUT2D eigenvalue weighted by atomic mass is 127. The molecule has 14 heavy (non-hydrogen) atoms. The van der Waals surface area contributed by atoms with Gasteiger partial charge < -0.3 is 0 Å². The van der Waals surface area contributed by atoms with Gasteiger partial charge in [0.15, 0.2) is 0 Å². The SMILES string of the molecule is O=[N+]([O-])c1ccc(C(F)(F)F)cc1I. The molecule has 0 aliphatic rings. The number of alkyl halides is 3. The Morgan fingerprint density at radius 2 is 1.93 bits per heavy atom. The standard InChI is InChI=1S/C7H3F3INO2/c8-7(9,10)4-1-2-6(12(13)14)5(11)3-4/h1-3H. The predicted molar refractivity (Wildman–Crippen MR) is 50.8 cm³/mol. The number of halogens is 4. The third kappa shape index (κ3) is 2.34. The number of hydrogen-bond donors (Lipinski definition) is 0. The zero-order valence-corrected chi connectivity index (χ0v) is 8.67. The first-order valence-corrected chi connectivity index (χ1v) is 4.41. The van der Waals surface area contributed by atoms with Crippen LogP contribution in [0.25, 0.3) is 0 Å². The molecule has 76 valence electrons. The highest BCUT2D eigenvalue weighted by molar-refractivity contribution is 14.1. The monoisotopic (exact) mass is 317 g/mol. The predicted octanol–water partition coefficient (Wildman–Crippen LogP) is 3.22. The second-order valence-corrected chi connectivity index (χ2v) is 3.58. The van der Waals surface area contributed by atoms with Gasteiger partial charge in [-0.05, 0) is 34.7 Å². The van der Waals surface area contributed by atoms with Crippen LogP contribution in [0.5, 0.6) is 0 Å². The Morgan fingerprint density at radius 3 is 2.29 bits per heavy atom. The second kappa shape index (κ2) is 3.71. The van der Waals surface area contributed by atoms with E-state index < -0.39 is 16.7 Å². The van der Waals surface area contributed by atoms with Crippen molar-refractivity contribution in [3.63, 3.8) is 0 Å². The van der Waals surface area contributed by atoms with Crippen molar-refractivity contribution in [1.82, 2.24) is 0 Å². The van der Waals surface area contributed by atoms with E-state index in [-0.39, 0.29) is 9.26 Å². The van der Waals surface area contributed by atoms with Gasteiger partial charge in [0.05, 0.1) is 14.1 Å². The molecule has 1 aromatic carbocycles. The van der Waals surface area contributed by atoms with E-state index in [4.69, 9.17) is 0 Å². The maximum Gasteiger partial charge on any atom is 0.416 e. The van der Waals surface area contributed by atoms with Crippen LogP contribution in [0, 0.1) is 13.7 Å². The first-order valence-electron chi connectivity index (χ1n) is 3.33. The Labute approximate surface area is 90.2 Å². The first kappa shape index (κ1) is 11.2. The molecular formula is C7H3F3INO2. The second-order valence-electron chi connectivity index (χ2n) is 2.42. The van der Waals surface area contributed by atoms with Gasteiger partial charge in [0, 0.05) is 6.07 Å². The minimum Gasteiger partial charge on any atom is -0.258 e. The van der Waals surface area contributed by atoms with Crippen LogP contribution >= 0.6 is 22.6 Å². The van der Waals surface area contributed by atoms with Crippen molar-refractivity contribution in [3.8, 4) is 0 Å². The molecular weight excluding hydrogens is 314 g/mol. The lowest BCUT2D eigenvalue weighted by atomic mass is 10.2. The first-order chi connectivity index (χ1) is 6.32. The van der Waals surface area contributed by atoms with E-state index in [1.165, 1.54) is 22.6 Å². The van der Waals surface area contributed by atoms with E-state index in [0.29, 0.717) is 6.07 Å². The molecule has 0 unspecified atom stereocenters. The Balaban J connectivity index is 3.20. The van der Waals surface area contributed by atoms with Crippen LogP contribution in [0.3, 0.4) is 0 Å². The highest BCUT2D eigenvalue weighted by Gasteiger charge is 2.31. The number of nitro benzene ring substituents is 1. The molecule has 1 aromatic rings. The summed E-state index contributed by atoms with van der Waals surface area (Å²) in [5.74, 6) is 0. The van der Waals surface area contributed by atoms with Crippen molar-refractivity contribution in [1.29, 1.82) is 0 Å². The highest BCUT2D eigenvalue weighted by Crippen LogP contribution is 2.32. The summed E-state index contributed by atoms with van der Waals surface area (Å²) in [7, 11) is 0. The van der Waals surface area contributed by atoms with Crippen LogP contribution in [0.1, 0.15) is 5.56 Å². The quantitative estimate of drug-likeness (QED) is 0.453. The third-order valence-corrected chi connectivity index (χ3v) is 2.34. The summed E-state index contributed by atoms with van der Waals surface area (Å²) in [5, 5.41) is 10.3. The molecule has 3 nitrogen and oxygen atoms in total. The fourth-order valence-electron chi connectivity index (χ4n) is 0.831. The molecule has 0 aromatic heterocycles. The van der Waals surface area contributed by atoms with Crippen molar-refractivity contribution in [2.24, 2.45) is 0 Å².